The zero-order valence-corrected chi connectivity index (χ0v) is 13.5. The summed E-state index contributed by atoms with van der Waals surface area (Å²) in [5.74, 6) is 0.776. The lowest BCUT2D eigenvalue weighted by Gasteiger charge is -2.15. The minimum absolute atomic E-state index is 0.141. The van der Waals surface area contributed by atoms with Crippen LogP contribution < -0.4 is 9.47 Å². The van der Waals surface area contributed by atoms with Crippen molar-refractivity contribution in [3.05, 3.63) is 42.3 Å². The summed E-state index contributed by atoms with van der Waals surface area (Å²) in [6.45, 7) is 2.80. The van der Waals surface area contributed by atoms with Crippen LogP contribution in [-0.2, 0) is 9.47 Å². The average molecular weight is 333 g/mol. The number of hydrogen-bond acceptors (Lipinski definition) is 5. The Hall–Kier alpha value is -2.18. The normalized spacial score (nSPS) is 15.8. The first-order chi connectivity index (χ1) is 11.7. The average Bonchev–Trinajstić information content (AvgIpc) is 2.88. The summed E-state index contributed by atoms with van der Waals surface area (Å²) in [7, 11) is 1.55. The molecule has 0 atom stereocenters. The smallest absolute Gasteiger partial charge is 0.212 e. The first-order valence-corrected chi connectivity index (χ1v) is 7.84. The van der Waals surface area contributed by atoms with Crippen LogP contribution in [0.5, 0.6) is 11.6 Å². The fourth-order valence-corrected chi connectivity index (χ4v) is 2.46. The summed E-state index contributed by atoms with van der Waals surface area (Å²) in [6, 6.07) is 8.19. The molecule has 1 aromatic carbocycles. The van der Waals surface area contributed by atoms with Crippen LogP contribution in [0.2, 0.25) is 0 Å². The monoisotopic (exact) mass is 333 g/mol. The van der Waals surface area contributed by atoms with E-state index in [1.807, 2.05) is 6.07 Å². The Bertz CT molecular complexity index is 655. The van der Waals surface area contributed by atoms with Gasteiger partial charge in [-0.25, -0.2) is 9.37 Å². The van der Waals surface area contributed by atoms with E-state index in [0.717, 1.165) is 5.56 Å². The van der Waals surface area contributed by atoms with E-state index >= 15 is 0 Å². The largest absolute Gasteiger partial charge is 0.493 e. The SMILES string of the molecule is COc1ccc(-c2cc(F)cc(OCC3COCCOC3)c2)cn1. The molecule has 1 aromatic heterocycles. The van der Waals surface area contributed by atoms with Gasteiger partial charge in [-0.1, -0.05) is 0 Å². The fraction of sp³-hybridized carbons (Fsp3) is 0.389. The topological polar surface area (TPSA) is 49.8 Å². The first kappa shape index (κ1) is 16.7. The molecule has 6 heteroatoms. The predicted octanol–water partition coefficient (Wildman–Crippen LogP) is 2.94. The molecule has 24 heavy (non-hydrogen) atoms. The molecule has 3 rings (SSSR count). The van der Waals surface area contributed by atoms with Crippen molar-refractivity contribution < 1.29 is 23.3 Å². The van der Waals surface area contributed by atoms with Crippen LogP contribution in [0.4, 0.5) is 4.39 Å². The fourth-order valence-electron chi connectivity index (χ4n) is 2.46. The second-order valence-electron chi connectivity index (χ2n) is 5.59. The zero-order chi connectivity index (χ0) is 16.8. The highest BCUT2D eigenvalue weighted by molar-refractivity contribution is 5.64. The molecule has 0 spiro atoms. The predicted molar refractivity (Wildman–Crippen MR) is 86.8 cm³/mol. The maximum atomic E-state index is 13.9. The number of ether oxygens (including phenoxy) is 4. The van der Waals surface area contributed by atoms with Gasteiger partial charge in [-0.2, -0.15) is 0 Å². The lowest BCUT2D eigenvalue weighted by Crippen LogP contribution is -2.20. The van der Waals surface area contributed by atoms with Gasteiger partial charge in [-0.3, -0.25) is 0 Å². The molecular formula is C18H20FNO4. The highest BCUT2D eigenvalue weighted by atomic mass is 19.1. The maximum Gasteiger partial charge on any atom is 0.212 e. The lowest BCUT2D eigenvalue weighted by molar-refractivity contribution is 0.101. The molecule has 1 aliphatic heterocycles. The van der Waals surface area contributed by atoms with E-state index in [-0.39, 0.29) is 11.7 Å². The molecular weight excluding hydrogens is 313 g/mol. The minimum Gasteiger partial charge on any atom is -0.493 e. The number of halogens is 1. The van der Waals surface area contributed by atoms with Crippen molar-refractivity contribution in [3.63, 3.8) is 0 Å². The number of aromatic nitrogens is 1. The molecule has 0 radical (unpaired) electrons. The third-order valence-electron chi connectivity index (χ3n) is 3.71. The number of pyridine rings is 1. The van der Waals surface area contributed by atoms with Crippen molar-refractivity contribution in [2.75, 3.05) is 40.1 Å². The molecule has 0 bridgehead atoms. The van der Waals surface area contributed by atoms with Gasteiger partial charge in [0.05, 0.1) is 40.1 Å². The third kappa shape index (κ3) is 4.43. The number of methoxy groups -OCH3 is 1. The van der Waals surface area contributed by atoms with Crippen molar-refractivity contribution in [3.8, 4) is 22.8 Å². The van der Waals surface area contributed by atoms with Gasteiger partial charge in [0.15, 0.2) is 0 Å². The Morgan fingerprint density at radius 2 is 1.92 bits per heavy atom. The molecule has 5 nitrogen and oxygen atoms in total. The minimum atomic E-state index is -0.355. The van der Waals surface area contributed by atoms with Crippen molar-refractivity contribution >= 4 is 0 Å². The van der Waals surface area contributed by atoms with Gasteiger partial charge < -0.3 is 18.9 Å². The van der Waals surface area contributed by atoms with Crippen LogP contribution in [0, 0.1) is 11.7 Å². The van der Waals surface area contributed by atoms with Gasteiger partial charge >= 0.3 is 0 Å². The zero-order valence-electron chi connectivity index (χ0n) is 13.5. The molecule has 1 saturated heterocycles. The molecule has 1 aliphatic rings. The number of rotatable bonds is 5. The van der Waals surface area contributed by atoms with Gasteiger partial charge in [0.2, 0.25) is 5.88 Å². The van der Waals surface area contributed by atoms with Crippen LogP contribution in [0.3, 0.4) is 0 Å². The molecule has 2 aromatic rings. The van der Waals surface area contributed by atoms with Crippen LogP contribution in [0.15, 0.2) is 36.5 Å². The molecule has 128 valence electrons. The van der Waals surface area contributed by atoms with Crippen molar-refractivity contribution in [2.45, 2.75) is 0 Å². The van der Waals surface area contributed by atoms with E-state index in [1.165, 1.54) is 12.1 Å². The van der Waals surface area contributed by atoms with Crippen LogP contribution >= 0.6 is 0 Å². The van der Waals surface area contributed by atoms with E-state index in [1.54, 1.807) is 25.4 Å². The van der Waals surface area contributed by atoms with E-state index in [9.17, 15) is 4.39 Å². The van der Waals surface area contributed by atoms with Crippen molar-refractivity contribution in [1.29, 1.82) is 0 Å². The molecule has 0 N–H and O–H groups in total. The van der Waals surface area contributed by atoms with E-state index < -0.39 is 0 Å². The Labute approximate surface area is 140 Å². The lowest BCUT2D eigenvalue weighted by atomic mass is 10.1. The van der Waals surface area contributed by atoms with Gasteiger partial charge in [0.25, 0.3) is 0 Å². The molecule has 0 aliphatic carbocycles. The van der Waals surface area contributed by atoms with Gasteiger partial charge in [0, 0.05) is 29.8 Å². The van der Waals surface area contributed by atoms with Crippen LogP contribution in [0.1, 0.15) is 0 Å². The summed E-state index contributed by atoms with van der Waals surface area (Å²) in [5, 5.41) is 0. The summed E-state index contributed by atoms with van der Waals surface area (Å²) in [5.41, 5.74) is 1.50. The number of hydrogen-bond donors (Lipinski definition) is 0. The highest BCUT2D eigenvalue weighted by Gasteiger charge is 2.14. The Morgan fingerprint density at radius 1 is 1.12 bits per heavy atom. The number of benzene rings is 1. The molecule has 0 saturated carbocycles. The Balaban J connectivity index is 1.70. The van der Waals surface area contributed by atoms with Crippen LogP contribution in [-0.4, -0.2) is 45.1 Å². The standard InChI is InChI=1S/C18H20FNO4/c1-21-18-3-2-14(9-20-18)15-6-16(19)8-17(7-15)24-12-13-10-22-4-5-23-11-13/h2-3,6-9,13H,4-5,10-12H2,1H3. The van der Waals surface area contributed by atoms with Crippen molar-refractivity contribution in [1.82, 2.24) is 4.98 Å². The summed E-state index contributed by atoms with van der Waals surface area (Å²) >= 11 is 0. The van der Waals surface area contributed by atoms with E-state index in [4.69, 9.17) is 18.9 Å². The second kappa shape index (κ2) is 8.08. The maximum absolute atomic E-state index is 13.9. The summed E-state index contributed by atoms with van der Waals surface area (Å²) in [4.78, 5) is 4.14. The van der Waals surface area contributed by atoms with E-state index in [0.29, 0.717) is 50.2 Å². The van der Waals surface area contributed by atoms with Gasteiger partial charge in [-0.05, 0) is 23.8 Å². The molecule has 0 unspecified atom stereocenters. The van der Waals surface area contributed by atoms with E-state index in [2.05, 4.69) is 4.98 Å². The molecule has 0 amide bonds. The van der Waals surface area contributed by atoms with Gasteiger partial charge in [-0.15, -0.1) is 0 Å². The Morgan fingerprint density at radius 3 is 2.58 bits per heavy atom. The van der Waals surface area contributed by atoms with Gasteiger partial charge in [0.1, 0.15) is 11.6 Å². The second-order valence-corrected chi connectivity index (χ2v) is 5.59. The third-order valence-corrected chi connectivity index (χ3v) is 3.71. The van der Waals surface area contributed by atoms with Crippen LogP contribution in [0.25, 0.3) is 11.1 Å². The quantitative estimate of drug-likeness (QED) is 0.842. The molecule has 2 heterocycles. The Kier molecular flexibility index (Phi) is 5.61. The number of nitrogens with zero attached hydrogens (tertiary/aromatic N) is 1. The highest BCUT2D eigenvalue weighted by Crippen LogP contribution is 2.26. The summed E-state index contributed by atoms with van der Waals surface area (Å²) < 4.78 is 35.6. The molecule has 1 fully saturated rings. The first-order valence-electron chi connectivity index (χ1n) is 7.84. The van der Waals surface area contributed by atoms with Crippen molar-refractivity contribution in [2.24, 2.45) is 5.92 Å². The summed E-state index contributed by atoms with van der Waals surface area (Å²) in [6.07, 6.45) is 1.64.